The van der Waals surface area contributed by atoms with Gasteiger partial charge in [-0.2, -0.15) is 0 Å². The summed E-state index contributed by atoms with van der Waals surface area (Å²) in [5.74, 6) is 0.815. The molecule has 0 unspecified atom stereocenters. The minimum atomic E-state index is 0.815. The molecule has 0 aliphatic rings. The molecule has 2 aromatic carbocycles. The summed E-state index contributed by atoms with van der Waals surface area (Å²) in [6.45, 7) is 6.17. The Bertz CT molecular complexity index is 778. The Hall–Kier alpha value is -2.42. The van der Waals surface area contributed by atoms with Gasteiger partial charge in [0.25, 0.3) is 0 Å². The van der Waals surface area contributed by atoms with Gasteiger partial charge in [-0.1, -0.05) is 29.8 Å². The lowest BCUT2D eigenvalue weighted by molar-refractivity contribution is 1.18. The monoisotopic (exact) mass is 263 g/mol. The van der Waals surface area contributed by atoms with Crippen LogP contribution in [0.2, 0.25) is 0 Å². The van der Waals surface area contributed by atoms with E-state index in [2.05, 4.69) is 47.3 Å². The van der Waals surface area contributed by atoms with Crippen molar-refractivity contribution < 1.29 is 0 Å². The smallest absolute Gasteiger partial charge is 0.152 e. The van der Waals surface area contributed by atoms with Crippen LogP contribution >= 0.6 is 0 Å². The average Bonchev–Trinajstić information content (AvgIpc) is 2.42. The highest BCUT2D eigenvalue weighted by molar-refractivity contribution is 5.77. The van der Waals surface area contributed by atoms with Gasteiger partial charge in [0.15, 0.2) is 5.82 Å². The molecule has 1 N–H and O–H groups in total. The van der Waals surface area contributed by atoms with Crippen LogP contribution in [-0.2, 0) is 0 Å². The largest absolute Gasteiger partial charge is 0.338 e. The first-order valence-electron chi connectivity index (χ1n) is 6.71. The standard InChI is InChI=1S/C17H17N3/c1-11-8-9-14(12(2)10-11)19-17-13(3)18-15-6-4-5-7-16(15)20-17/h4-10H,1-3H3,(H,19,20). The third-order valence-electron chi connectivity index (χ3n) is 3.38. The zero-order chi connectivity index (χ0) is 14.1. The van der Waals surface area contributed by atoms with E-state index in [0.717, 1.165) is 28.2 Å². The van der Waals surface area contributed by atoms with Crippen LogP contribution in [0.5, 0.6) is 0 Å². The van der Waals surface area contributed by atoms with Gasteiger partial charge in [-0.3, -0.25) is 0 Å². The summed E-state index contributed by atoms with van der Waals surface area (Å²) in [5, 5.41) is 3.39. The molecule has 0 amide bonds. The minimum absolute atomic E-state index is 0.815. The van der Waals surface area contributed by atoms with E-state index in [4.69, 9.17) is 0 Å². The number of fused-ring (bicyclic) bond motifs is 1. The Morgan fingerprint density at radius 3 is 2.25 bits per heavy atom. The van der Waals surface area contributed by atoms with Gasteiger partial charge >= 0.3 is 0 Å². The first-order valence-corrected chi connectivity index (χ1v) is 6.71. The lowest BCUT2D eigenvalue weighted by Crippen LogP contribution is -2.01. The highest BCUT2D eigenvalue weighted by Crippen LogP contribution is 2.23. The van der Waals surface area contributed by atoms with E-state index >= 15 is 0 Å². The molecule has 3 heteroatoms. The number of aromatic nitrogens is 2. The van der Waals surface area contributed by atoms with Gasteiger partial charge < -0.3 is 5.32 Å². The van der Waals surface area contributed by atoms with E-state index in [-0.39, 0.29) is 0 Å². The number of benzene rings is 2. The summed E-state index contributed by atoms with van der Waals surface area (Å²) in [7, 11) is 0. The highest BCUT2D eigenvalue weighted by atomic mass is 15.0. The molecule has 100 valence electrons. The maximum Gasteiger partial charge on any atom is 0.152 e. The predicted octanol–water partition coefficient (Wildman–Crippen LogP) is 4.30. The average molecular weight is 263 g/mol. The molecule has 0 saturated carbocycles. The van der Waals surface area contributed by atoms with Crippen LogP contribution in [0.1, 0.15) is 16.8 Å². The summed E-state index contributed by atoms with van der Waals surface area (Å²) in [6.07, 6.45) is 0. The lowest BCUT2D eigenvalue weighted by Gasteiger charge is -2.12. The van der Waals surface area contributed by atoms with Crippen LogP contribution in [0, 0.1) is 20.8 Å². The van der Waals surface area contributed by atoms with Gasteiger partial charge in [-0.25, -0.2) is 9.97 Å². The van der Waals surface area contributed by atoms with E-state index in [0.29, 0.717) is 0 Å². The molecule has 20 heavy (non-hydrogen) atoms. The molecular formula is C17H17N3. The summed E-state index contributed by atoms with van der Waals surface area (Å²) in [6, 6.07) is 14.3. The Morgan fingerprint density at radius 2 is 1.55 bits per heavy atom. The second kappa shape index (κ2) is 4.93. The zero-order valence-electron chi connectivity index (χ0n) is 11.9. The van der Waals surface area contributed by atoms with Crippen molar-refractivity contribution in [2.24, 2.45) is 0 Å². The number of hydrogen-bond donors (Lipinski definition) is 1. The van der Waals surface area contributed by atoms with Crippen molar-refractivity contribution in [3.63, 3.8) is 0 Å². The SMILES string of the molecule is Cc1ccc(Nc2nc3ccccc3nc2C)c(C)c1. The number of anilines is 2. The Labute approximate surface area is 118 Å². The predicted molar refractivity (Wildman–Crippen MR) is 83.5 cm³/mol. The third kappa shape index (κ3) is 2.35. The van der Waals surface area contributed by atoms with Gasteiger partial charge in [0.2, 0.25) is 0 Å². The van der Waals surface area contributed by atoms with Crippen LogP contribution in [0.3, 0.4) is 0 Å². The van der Waals surface area contributed by atoms with Crippen LogP contribution in [0.15, 0.2) is 42.5 Å². The van der Waals surface area contributed by atoms with Crippen molar-refractivity contribution in [3.05, 3.63) is 59.3 Å². The zero-order valence-corrected chi connectivity index (χ0v) is 11.9. The maximum absolute atomic E-state index is 4.66. The summed E-state index contributed by atoms with van der Waals surface area (Å²) in [5.41, 5.74) is 6.28. The number of nitrogens with one attached hydrogen (secondary N) is 1. The molecule has 3 nitrogen and oxygen atoms in total. The quantitative estimate of drug-likeness (QED) is 0.749. The van der Waals surface area contributed by atoms with E-state index < -0.39 is 0 Å². The molecule has 0 fully saturated rings. The van der Waals surface area contributed by atoms with Crippen molar-refractivity contribution >= 4 is 22.5 Å². The number of rotatable bonds is 2. The Kier molecular flexibility index (Phi) is 3.11. The molecule has 0 atom stereocenters. The molecule has 3 rings (SSSR count). The number of para-hydroxylation sites is 2. The number of aryl methyl sites for hydroxylation is 3. The molecule has 0 aliphatic heterocycles. The van der Waals surface area contributed by atoms with Gasteiger partial charge in [0.1, 0.15) is 0 Å². The first-order chi connectivity index (χ1) is 9.63. The fourth-order valence-corrected chi connectivity index (χ4v) is 2.29. The lowest BCUT2D eigenvalue weighted by atomic mass is 10.1. The van der Waals surface area contributed by atoms with Crippen molar-refractivity contribution in [2.45, 2.75) is 20.8 Å². The molecule has 0 radical (unpaired) electrons. The molecule has 0 saturated heterocycles. The molecule has 0 aliphatic carbocycles. The van der Waals surface area contributed by atoms with Gasteiger partial charge in [-0.05, 0) is 44.5 Å². The van der Waals surface area contributed by atoms with E-state index in [9.17, 15) is 0 Å². The fourth-order valence-electron chi connectivity index (χ4n) is 2.29. The molecule has 3 aromatic rings. The molecule has 0 bridgehead atoms. The first kappa shape index (κ1) is 12.6. The van der Waals surface area contributed by atoms with Crippen LogP contribution < -0.4 is 5.32 Å². The summed E-state index contributed by atoms with van der Waals surface area (Å²) in [4.78, 5) is 9.25. The van der Waals surface area contributed by atoms with Crippen LogP contribution in [-0.4, -0.2) is 9.97 Å². The molecule has 0 spiro atoms. The van der Waals surface area contributed by atoms with E-state index in [1.54, 1.807) is 0 Å². The van der Waals surface area contributed by atoms with Gasteiger partial charge in [0, 0.05) is 5.69 Å². The van der Waals surface area contributed by atoms with Crippen molar-refractivity contribution in [1.82, 2.24) is 9.97 Å². The Morgan fingerprint density at radius 1 is 0.850 bits per heavy atom. The molecular weight excluding hydrogens is 246 g/mol. The normalized spacial score (nSPS) is 10.8. The second-order valence-electron chi connectivity index (χ2n) is 5.09. The van der Waals surface area contributed by atoms with Crippen LogP contribution in [0.4, 0.5) is 11.5 Å². The molecule has 1 aromatic heterocycles. The van der Waals surface area contributed by atoms with Gasteiger partial charge in [-0.15, -0.1) is 0 Å². The van der Waals surface area contributed by atoms with E-state index in [1.807, 2.05) is 31.2 Å². The van der Waals surface area contributed by atoms with Gasteiger partial charge in [0.05, 0.1) is 16.7 Å². The summed E-state index contributed by atoms with van der Waals surface area (Å²) < 4.78 is 0. The number of hydrogen-bond acceptors (Lipinski definition) is 3. The highest BCUT2D eigenvalue weighted by Gasteiger charge is 2.06. The number of nitrogens with zero attached hydrogens (tertiary/aromatic N) is 2. The van der Waals surface area contributed by atoms with Crippen molar-refractivity contribution in [3.8, 4) is 0 Å². The second-order valence-corrected chi connectivity index (χ2v) is 5.09. The third-order valence-corrected chi connectivity index (χ3v) is 3.38. The Balaban J connectivity index is 2.03. The van der Waals surface area contributed by atoms with Crippen molar-refractivity contribution in [1.29, 1.82) is 0 Å². The van der Waals surface area contributed by atoms with Crippen LogP contribution in [0.25, 0.3) is 11.0 Å². The topological polar surface area (TPSA) is 37.8 Å². The molecule has 1 heterocycles. The summed E-state index contributed by atoms with van der Waals surface area (Å²) >= 11 is 0. The maximum atomic E-state index is 4.66. The fraction of sp³-hybridized carbons (Fsp3) is 0.176. The minimum Gasteiger partial charge on any atom is -0.338 e. The van der Waals surface area contributed by atoms with E-state index in [1.165, 1.54) is 11.1 Å². The van der Waals surface area contributed by atoms with Crippen molar-refractivity contribution in [2.75, 3.05) is 5.32 Å².